The van der Waals surface area contributed by atoms with E-state index in [4.69, 9.17) is 14.2 Å². The van der Waals surface area contributed by atoms with Crippen LogP contribution in [0.25, 0.3) is 10.9 Å². The average Bonchev–Trinajstić information content (AvgIpc) is 3.14. The van der Waals surface area contributed by atoms with Gasteiger partial charge in [-0.25, -0.2) is 9.18 Å². The molecule has 0 amide bonds. The molecule has 1 aromatic heterocycles. The number of rotatable bonds is 5. The van der Waals surface area contributed by atoms with Crippen molar-refractivity contribution < 1.29 is 23.4 Å². The maximum atomic E-state index is 14.1. The molecule has 1 saturated heterocycles. The van der Waals surface area contributed by atoms with Crippen molar-refractivity contribution in [2.45, 2.75) is 32.2 Å². The molecular weight excluding hydrogens is 387 g/mol. The first kappa shape index (κ1) is 20.7. The van der Waals surface area contributed by atoms with Gasteiger partial charge >= 0.3 is 5.97 Å². The number of ether oxygens (including phenoxy) is 3. The molecule has 3 heterocycles. The number of fused-ring (bicyclic) bond motifs is 5. The van der Waals surface area contributed by atoms with Gasteiger partial charge in [-0.15, -0.1) is 0 Å². The quantitative estimate of drug-likeness (QED) is 0.454. The van der Waals surface area contributed by atoms with E-state index in [0.29, 0.717) is 17.2 Å². The molecule has 30 heavy (non-hydrogen) atoms. The summed E-state index contributed by atoms with van der Waals surface area (Å²) in [5.74, 6) is 0.257. The van der Waals surface area contributed by atoms with E-state index in [0.717, 1.165) is 48.9 Å². The van der Waals surface area contributed by atoms with Crippen LogP contribution in [-0.2, 0) is 20.7 Å². The monoisotopic (exact) mass is 416 g/mol. The molecule has 2 aliphatic heterocycles. The van der Waals surface area contributed by atoms with Gasteiger partial charge < -0.3 is 19.2 Å². The molecule has 3 unspecified atom stereocenters. The van der Waals surface area contributed by atoms with Gasteiger partial charge in [0.05, 0.1) is 44.7 Å². The standard InChI is InChI=1S/C23H29FN2O4/c1-5-13-11-26-7-6-15-21-18(8-14(24)9-20(21)29-3)25-22(15)19(26)10-16(13)17(12-28-2)23(27)30-4/h8-9,12-13,16,19,25H,5-7,10-11H2,1-4H3/b17-12+. The largest absolute Gasteiger partial charge is 0.504 e. The number of aromatic amines is 1. The molecule has 0 saturated carbocycles. The lowest BCUT2D eigenvalue weighted by molar-refractivity contribution is -0.137. The minimum Gasteiger partial charge on any atom is -0.504 e. The number of nitrogens with zero attached hydrogens (tertiary/aromatic N) is 1. The lowest BCUT2D eigenvalue weighted by Gasteiger charge is -2.46. The van der Waals surface area contributed by atoms with E-state index in [1.165, 1.54) is 31.1 Å². The van der Waals surface area contributed by atoms with Gasteiger partial charge in [0.2, 0.25) is 0 Å². The number of carbonyl (C=O) groups is 1. The number of H-pyrrole nitrogens is 1. The summed E-state index contributed by atoms with van der Waals surface area (Å²) in [5.41, 5.74) is 3.63. The minimum absolute atomic E-state index is 0.0274. The molecule has 162 valence electrons. The molecule has 0 bridgehead atoms. The van der Waals surface area contributed by atoms with Crippen LogP contribution in [0.1, 0.15) is 37.1 Å². The maximum Gasteiger partial charge on any atom is 0.337 e. The number of benzene rings is 1. The Morgan fingerprint density at radius 1 is 1.33 bits per heavy atom. The number of carbonyl (C=O) groups excluding carboxylic acids is 1. The minimum atomic E-state index is -0.342. The van der Waals surface area contributed by atoms with Crippen molar-refractivity contribution in [3.63, 3.8) is 0 Å². The van der Waals surface area contributed by atoms with Crippen LogP contribution in [0.4, 0.5) is 4.39 Å². The number of aromatic nitrogens is 1. The van der Waals surface area contributed by atoms with Gasteiger partial charge in [-0.05, 0) is 36.3 Å². The molecule has 2 aliphatic rings. The Labute approximate surface area is 176 Å². The summed E-state index contributed by atoms with van der Waals surface area (Å²) in [4.78, 5) is 18.4. The Bertz CT molecular complexity index is 983. The Morgan fingerprint density at radius 3 is 2.80 bits per heavy atom. The SMILES string of the molecule is CCC1CN2CCc3c([nH]c4cc(F)cc(OC)c34)C2CC1/C(=C\OC)C(=O)OC. The van der Waals surface area contributed by atoms with E-state index in [-0.39, 0.29) is 23.7 Å². The van der Waals surface area contributed by atoms with Crippen molar-refractivity contribution in [1.29, 1.82) is 0 Å². The molecule has 1 N–H and O–H groups in total. The fraction of sp³-hybridized carbons (Fsp3) is 0.522. The Kier molecular flexibility index (Phi) is 5.73. The second-order valence-corrected chi connectivity index (χ2v) is 8.12. The number of nitrogens with one attached hydrogen (secondary N) is 1. The predicted molar refractivity (Wildman–Crippen MR) is 112 cm³/mol. The van der Waals surface area contributed by atoms with Crippen LogP contribution in [0.3, 0.4) is 0 Å². The van der Waals surface area contributed by atoms with Crippen molar-refractivity contribution in [3.8, 4) is 5.75 Å². The van der Waals surface area contributed by atoms with Crippen LogP contribution >= 0.6 is 0 Å². The molecule has 0 spiro atoms. The van der Waals surface area contributed by atoms with Gasteiger partial charge in [-0.3, -0.25) is 4.90 Å². The fourth-order valence-corrected chi connectivity index (χ4v) is 5.32. The summed E-state index contributed by atoms with van der Waals surface area (Å²) in [6, 6.07) is 3.09. The number of piperidine rings is 1. The zero-order valence-electron chi connectivity index (χ0n) is 18.0. The van der Waals surface area contributed by atoms with E-state index in [1.54, 1.807) is 14.2 Å². The van der Waals surface area contributed by atoms with E-state index >= 15 is 0 Å². The molecular formula is C23H29FN2O4. The van der Waals surface area contributed by atoms with Crippen LogP contribution in [0.15, 0.2) is 24.0 Å². The van der Waals surface area contributed by atoms with Gasteiger partial charge in [0, 0.05) is 30.2 Å². The lowest BCUT2D eigenvalue weighted by Crippen LogP contribution is -2.47. The number of hydrogen-bond donors (Lipinski definition) is 1. The third kappa shape index (κ3) is 3.35. The van der Waals surface area contributed by atoms with E-state index < -0.39 is 0 Å². The Balaban J connectivity index is 1.78. The van der Waals surface area contributed by atoms with Crippen molar-refractivity contribution in [3.05, 3.63) is 41.0 Å². The van der Waals surface area contributed by atoms with E-state index in [9.17, 15) is 9.18 Å². The third-order valence-corrected chi connectivity index (χ3v) is 6.71. The van der Waals surface area contributed by atoms with Gasteiger partial charge in [-0.2, -0.15) is 0 Å². The van der Waals surface area contributed by atoms with Crippen LogP contribution in [0.5, 0.6) is 5.75 Å². The van der Waals surface area contributed by atoms with Gasteiger partial charge in [0.15, 0.2) is 0 Å². The Hall–Kier alpha value is -2.54. The summed E-state index contributed by atoms with van der Waals surface area (Å²) in [7, 11) is 4.53. The number of methoxy groups -OCH3 is 3. The van der Waals surface area contributed by atoms with E-state index in [1.807, 2.05) is 0 Å². The highest BCUT2D eigenvalue weighted by Crippen LogP contribution is 2.47. The smallest absolute Gasteiger partial charge is 0.337 e. The molecule has 7 heteroatoms. The molecule has 2 aromatic rings. The van der Waals surface area contributed by atoms with Gasteiger partial charge in [0.25, 0.3) is 0 Å². The normalized spacial score (nSPS) is 24.3. The number of hydrogen-bond acceptors (Lipinski definition) is 5. The summed E-state index contributed by atoms with van der Waals surface area (Å²) in [6.07, 6.45) is 4.15. The first-order valence-corrected chi connectivity index (χ1v) is 10.5. The van der Waals surface area contributed by atoms with Gasteiger partial charge in [0.1, 0.15) is 11.6 Å². The van der Waals surface area contributed by atoms with E-state index in [2.05, 4.69) is 16.8 Å². The molecule has 1 fully saturated rings. The van der Waals surface area contributed by atoms with Crippen LogP contribution < -0.4 is 4.74 Å². The van der Waals surface area contributed by atoms with Crippen molar-refractivity contribution in [2.24, 2.45) is 11.8 Å². The Morgan fingerprint density at radius 2 is 2.13 bits per heavy atom. The van der Waals surface area contributed by atoms with Crippen LogP contribution in [-0.4, -0.2) is 50.3 Å². The molecule has 4 rings (SSSR count). The predicted octanol–water partition coefficient (Wildman–Crippen LogP) is 3.96. The first-order chi connectivity index (χ1) is 14.5. The highest BCUT2D eigenvalue weighted by Gasteiger charge is 2.42. The topological polar surface area (TPSA) is 63.8 Å². The highest BCUT2D eigenvalue weighted by molar-refractivity contribution is 5.91. The first-order valence-electron chi connectivity index (χ1n) is 10.5. The van der Waals surface area contributed by atoms with Crippen molar-refractivity contribution in [2.75, 3.05) is 34.4 Å². The summed E-state index contributed by atoms with van der Waals surface area (Å²) < 4.78 is 29.8. The molecule has 3 atom stereocenters. The van der Waals surface area contributed by atoms with Crippen molar-refractivity contribution in [1.82, 2.24) is 9.88 Å². The van der Waals surface area contributed by atoms with Crippen molar-refractivity contribution >= 4 is 16.9 Å². The van der Waals surface area contributed by atoms with Crippen LogP contribution in [0.2, 0.25) is 0 Å². The second-order valence-electron chi connectivity index (χ2n) is 8.12. The highest BCUT2D eigenvalue weighted by atomic mass is 19.1. The summed E-state index contributed by atoms with van der Waals surface area (Å²) in [6.45, 7) is 3.98. The lowest BCUT2D eigenvalue weighted by atomic mass is 9.74. The number of esters is 1. The third-order valence-electron chi connectivity index (χ3n) is 6.71. The molecule has 0 aliphatic carbocycles. The molecule has 0 radical (unpaired) electrons. The summed E-state index contributed by atoms with van der Waals surface area (Å²) >= 11 is 0. The zero-order chi connectivity index (χ0) is 21.4. The maximum absolute atomic E-state index is 14.1. The zero-order valence-corrected chi connectivity index (χ0v) is 18.0. The van der Waals surface area contributed by atoms with Crippen LogP contribution in [0, 0.1) is 17.7 Å². The molecule has 1 aromatic carbocycles. The molecule has 6 nitrogen and oxygen atoms in total. The second kappa shape index (κ2) is 8.30. The number of halogens is 1. The average molecular weight is 416 g/mol. The summed E-state index contributed by atoms with van der Waals surface area (Å²) in [5, 5.41) is 0.961. The fourth-order valence-electron chi connectivity index (χ4n) is 5.32. The van der Waals surface area contributed by atoms with Gasteiger partial charge in [-0.1, -0.05) is 13.3 Å².